The van der Waals surface area contributed by atoms with Crippen molar-refractivity contribution < 1.29 is 31.9 Å². The van der Waals surface area contributed by atoms with Crippen molar-refractivity contribution in [1.29, 1.82) is 0 Å². The molecule has 3 aromatic rings. The normalized spacial score (nSPS) is 12.0. The van der Waals surface area contributed by atoms with Crippen LogP contribution < -0.4 is 5.32 Å². The highest BCUT2D eigenvalue weighted by atomic mass is 19.1. The lowest BCUT2D eigenvalue weighted by Crippen LogP contribution is -2.30. The smallest absolute Gasteiger partial charge is 0.331 e. The lowest BCUT2D eigenvalue weighted by Gasteiger charge is -2.13. The number of anilines is 1. The van der Waals surface area contributed by atoms with Gasteiger partial charge in [0.15, 0.2) is 6.10 Å². The van der Waals surface area contributed by atoms with Gasteiger partial charge in [-0.05, 0) is 49.4 Å². The second kappa shape index (κ2) is 9.13. The number of furan rings is 1. The van der Waals surface area contributed by atoms with Crippen LogP contribution in [0.15, 0.2) is 65.1 Å². The molecule has 1 atom stereocenters. The zero-order chi connectivity index (χ0) is 21.7. The number of hydrogen-bond acceptors (Lipinski definition) is 4. The molecular weight excluding hydrogens is 399 g/mol. The van der Waals surface area contributed by atoms with Gasteiger partial charge in [-0.2, -0.15) is 0 Å². The number of benzene rings is 2. The van der Waals surface area contributed by atoms with Crippen LogP contribution in [0.2, 0.25) is 0 Å². The summed E-state index contributed by atoms with van der Waals surface area (Å²) in [4.78, 5) is 23.9. The second-order valence-electron chi connectivity index (χ2n) is 6.18. The largest absolute Gasteiger partial charge is 0.457 e. The van der Waals surface area contributed by atoms with Gasteiger partial charge in [-0.25, -0.2) is 18.0 Å². The molecule has 154 valence electrons. The fourth-order valence-electron chi connectivity index (χ4n) is 2.51. The van der Waals surface area contributed by atoms with Gasteiger partial charge >= 0.3 is 5.97 Å². The molecule has 30 heavy (non-hydrogen) atoms. The summed E-state index contributed by atoms with van der Waals surface area (Å²) in [6.45, 7) is 1.25. The molecule has 0 aliphatic rings. The monoisotopic (exact) mass is 415 g/mol. The first-order valence-corrected chi connectivity index (χ1v) is 8.83. The zero-order valence-electron chi connectivity index (χ0n) is 15.7. The average Bonchev–Trinajstić information content (AvgIpc) is 3.18. The van der Waals surface area contributed by atoms with Crippen LogP contribution in [0.3, 0.4) is 0 Å². The van der Waals surface area contributed by atoms with Crippen LogP contribution in [0.1, 0.15) is 12.7 Å². The Morgan fingerprint density at radius 3 is 2.33 bits per heavy atom. The number of amides is 1. The third kappa shape index (κ3) is 4.96. The minimum absolute atomic E-state index is 0.260. The lowest BCUT2D eigenvalue weighted by atomic mass is 10.1. The molecule has 8 heteroatoms. The summed E-state index contributed by atoms with van der Waals surface area (Å²) in [5.74, 6) is -3.60. The van der Waals surface area contributed by atoms with Crippen LogP contribution in [0.4, 0.5) is 18.9 Å². The Kier molecular flexibility index (Phi) is 6.36. The molecule has 0 saturated carbocycles. The van der Waals surface area contributed by atoms with Crippen LogP contribution >= 0.6 is 0 Å². The van der Waals surface area contributed by atoms with E-state index >= 15 is 0 Å². The minimum atomic E-state index is -1.31. The van der Waals surface area contributed by atoms with Crippen LogP contribution in [0.25, 0.3) is 17.4 Å². The maximum Gasteiger partial charge on any atom is 0.331 e. The zero-order valence-corrected chi connectivity index (χ0v) is 15.7. The van der Waals surface area contributed by atoms with Crippen molar-refractivity contribution in [2.75, 3.05) is 5.32 Å². The summed E-state index contributed by atoms with van der Waals surface area (Å²) in [6.07, 6.45) is 0.984. The van der Waals surface area contributed by atoms with Crippen LogP contribution in [0, 0.1) is 17.5 Å². The minimum Gasteiger partial charge on any atom is -0.457 e. The molecule has 1 heterocycles. The van der Waals surface area contributed by atoms with E-state index in [1.54, 1.807) is 24.3 Å². The van der Waals surface area contributed by atoms with Crippen molar-refractivity contribution >= 4 is 23.6 Å². The third-order valence-electron chi connectivity index (χ3n) is 4.02. The van der Waals surface area contributed by atoms with E-state index in [4.69, 9.17) is 9.15 Å². The van der Waals surface area contributed by atoms with Gasteiger partial charge in [0, 0.05) is 6.08 Å². The topological polar surface area (TPSA) is 68.5 Å². The summed E-state index contributed by atoms with van der Waals surface area (Å²) in [5.41, 5.74) is -0.359. The molecule has 2 aromatic carbocycles. The number of halogens is 3. The van der Waals surface area contributed by atoms with Gasteiger partial charge in [-0.1, -0.05) is 18.2 Å². The molecule has 1 amide bonds. The molecule has 0 aliphatic heterocycles. The van der Waals surface area contributed by atoms with Gasteiger partial charge in [0.25, 0.3) is 5.91 Å². The van der Waals surface area contributed by atoms with Crippen LogP contribution in [-0.4, -0.2) is 18.0 Å². The van der Waals surface area contributed by atoms with Gasteiger partial charge in [0.2, 0.25) is 0 Å². The molecular formula is C22H16F3NO4. The molecule has 5 nitrogen and oxygen atoms in total. The van der Waals surface area contributed by atoms with E-state index in [1.807, 2.05) is 5.32 Å². The molecule has 1 N–H and O–H groups in total. The van der Waals surface area contributed by atoms with Gasteiger partial charge in [0.1, 0.15) is 34.7 Å². The first-order chi connectivity index (χ1) is 14.3. The maximum absolute atomic E-state index is 13.8. The molecule has 0 spiro atoms. The molecule has 0 radical (unpaired) electrons. The molecule has 0 aliphatic carbocycles. The summed E-state index contributed by atoms with van der Waals surface area (Å²) >= 11 is 0. The summed E-state index contributed by atoms with van der Waals surface area (Å²) in [7, 11) is 0. The number of carbonyl (C=O) groups excluding carboxylic acids is 2. The van der Waals surface area contributed by atoms with Crippen molar-refractivity contribution in [3.05, 3.63) is 83.9 Å². The Balaban J connectivity index is 1.59. The number of hydrogen-bond donors (Lipinski definition) is 1. The third-order valence-corrected chi connectivity index (χ3v) is 4.02. The second-order valence-corrected chi connectivity index (χ2v) is 6.18. The molecule has 3 rings (SSSR count). The number of esters is 1. The maximum atomic E-state index is 13.8. The fourth-order valence-corrected chi connectivity index (χ4v) is 2.51. The van der Waals surface area contributed by atoms with Crippen molar-refractivity contribution in [3.63, 3.8) is 0 Å². The van der Waals surface area contributed by atoms with Gasteiger partial charge < -0.3 is 14.5 Å². The van der Waals surface area contributed by atoms with Crippen molar-refractivity contribution in [3.8, 4) is 11.3 Å². The highest BCUT2D eigenvalue weighted by Gasteiger charge is 2.20. The number of para-hydroxylation sites is 1. The standard InChI is InChI=1S/C22H16F3NO4/c1-13(22(28)26-21-17(24)7-4-8-18(21)25)29-20(27)12-10-14-9-11-19(30-14)15-5-2-3-6-16(15)23/h2-13H,1H3,(H,26,28)/b12-10+/t13-/m0/s1. The predicted octanol–water partition coefficient (Wildman–Crippen LogP) is 4.95. The molecule has 0 fully saturated rings. The molecule has 0 saturated heterocycles. The summed E-state index contributed by atoms with van der Waals surface area (Å²) in [5, 5.41) is 2.04. The lowest BCUT2D eigenvalue weighted by molar-refractivity contribution is -0.148. The van der Waals surface area contributed by atoms with E-state index in [0.29, 0.717) is 0 Å². The van der Waals surface area contributed by atoms with Gasteiger partial charge in [0.05, 0.1) is 5.56 Å². The van der Waals surface area contributed by atoms with Gasteiger partial charge in [-0.3, -0.25) is 4.79 Å². The summed E-state index contributed by atoms with van der Waals surface area (Å²) < 4.78 is 51.3. The first-order valence-electron chi connectivity index (χ1n) is 8.83. The fraction of sp³-hybridized carbons (Fsp3) is 0.0909. The Morgan fingerprint density at radius 1 is 0.967 bits per heavy atom. The van der Waals surface area contributed by atoms with Crippen LogP contribution in [-0.2, 0) is 14.3 Å². The van der Waals surface area contributed by atoms with Crippen LogP contribution in [0.5, 0.6) is 0 Å². The summed E-state index contributed by atoms with van der Waals surface area (Å²) in [6, 6.07) is 12.3. The van der Waals surface area contributed by atoms with E-state index in [9.17, 15) is 22.8 Å². The first kappa shape index (κ1) is 20.9. The highest BCUT2D eigenvalue weighted by Crippen LogP contribution is 2.25. The van der Waals surface area contributed by atoms with Crippen molar-refractivity contribution in [2.45, 2.75) is 13.0 Å². The number of nitrogens with one attached hydrogen (secondary N) is 1. The molecule has 1 aromatic heterocycles. The van der Waals surface area contributed by atoms with E-state index in [1.165, 1.54) is 25.1 Å². The predicted molar refractivity (Wildman–Crippen MR) is 104 cm³/mol. The van der Waals surface area contributed by atoms with Crippen molar-refractivity contribution in [2.24, 2.45) is 0 Å². The molecule has 0 bridgehead atoms. The Bertz CT molecular complexity index is 1090. The van der Waals surface area contributed by atoms with E-state index in [2.05, 4.69) is 0 Å². The SMILES string of the molecule is C[C@H](OC(=O)/C=C/c1ccc(-c2ccccc2F)o1)C(=O)Nc1c(F)cccc1F. The number of carbonyl (C=O) groups is 2. The Morgan fingerprint density at radius 2 is 1.63 bits per heavy atom. The Labute approximate surface area is 169 Å². The Hall–Kier alpha value is -3.81. The number of rotatable bonds is 6. The quantitative estimate of drug-likeness (QED) is 0.457. The van der Waals surface area contributed by atoms with Crippen molar-refractivity contribution in [1.82, 2.24) is 0 Å². The van der Waals surface area contributed by atoms with E-state index in [0.717, 1.165) is 24.3 Å². The highest BCUT2D eigenvalue weighted by molar-refractivity contribution is 5.96. The van der Waals surface area contributed by atoms with E-state index < -0.39 is 41.1 Å². The number of ether oxygens (including phenoxy) is 1. The molecule has 0 unspecified atom stereocenters. The average molecular weight is 415 g/mol. The van der Waals surface area contributed by atoms with Gasteiger partial charge in [-0.15, -0.1) is 0 Å². The van der Waals surface area contributed by atoms with E-state index in [-0.39, 0.29) is 17.1 Å².